The minimum Gasteiger partial charge on any atom is -0.351 e. The quantitative estimate of drug-likeness (QED) is 0.594. The molecule has 0 amide bonds. The van der Waals surface area contributed by atoms with Crippen LogP contribution in [0.5, 0.6) is 0 Å². The Kier molecular flexibility index (Phi) is 6.26. The van der Waals surface area contributed by atoms with Crippen LogP contribution in [0.2, 0.25) is 0 Å². The van der Waals surface area contributed by atoms with Crippen molar-refractivity contribution in [2.75, 3.05) is 32.7 Å². The monoisotopic (exact) mass is 401 g/mol. The van der Waals surface area contributed by atoms with Crippen LogP contribution in [0.25, 0.3) is 0 Å². The fourth-order valence-electron chi connectivity index (χ4n) is 4.09. The van der Waals surface area contributed by atoms with Gasteiger partial charge in [0.1, 0.15) is 12.4 Å². The number of thiophene rings is 1. The highest BCUT2D eigenvalue weighted by molar-refractivity contribution is 7.09. The van der Waals surface area contributed by atoms with Crippen molar-refractivity contribution < 1.29 is 0 Å². The molecule has 0 saturated carbocycles. The Morgan fingerprint density at radius 2 is 2.14 bits per heavy atom. The molecule has 2 aliphatic rings. The summed E-state index contributed by atoms with van der Waals surface area (Å²) in [5.74, 6) is 3.56. The lowest BCUT2D eigenvalue weighted by atomic mass is 10.1. The molecule has 0 radical (unpaired) electrons. The minimum absolute atomic E-state index is 0.553. The first-order chi connectivity index (χ1) is 13.7. The number of hydrogen-bond donors (Lipinski definition) is 1. The molecule has 2 aliphatic heterocycles. The Morgan fingerprint density at radius 1 is 1.29 bits per heavy atom. The van der Waals surface area contributed by atoms with Gasteiger partial charge in [0.25, 0.3) is 0 Å². The molecule has 2 fully saturated rings. The van der Waals surface area contributed by atoms with Gasteiger partial charge in [-0.15, -0.1) is 21.5 Å². The molecule has 0 aromatic carbocycles. The highest BCUT2D eigenvalue weighted by atomic mass is 32.1. The van der Waals surface area contributed by atoms with Gasteiger partial charge in [-0.1, -0.05) is 6.07 Å². The summed E-state index contributed by atoms with van der Waals surface area (Å²) < 4.78 is 2.01. The van der Waals surface area contributed by atoms with E-state index in [0.717, 1.165) is 43.2 Å². The van der Waals surface area contributed by atoms with E-state index in [0.29, 0.717) is 6.54 Å². The molecule has 1 unspecified atom stereocenters. The number of aliphatic imine (C=N–C) groups is 1. The van der Waals surface area contributed by atoms with Crippen molar-refractivity contribution in [3.8, 4) is 0 Å². The second kappa shape index (κ2) is 9.05. The lowest BCUT2D eigenvalue weighted by Gasteiger charge is -2.23. The summed E-state index contributed by atoms with van der Waals surface area (Å²) in [4.78, 5) is 11.3. The van der Waals surface area contributed by atoms with E-state index in [9.17, 15) is 0 Å². The predicted octanol–water partition coefficient (Wildman–Crippen LogP) is 2.25. The lowest BCUT2D eigenvalue weighted by Crippen LogP contribution is -2.40. The molecule has 4 heterocycles. The topological polar surface area (TPSA) is 61.6 Å². The van der Waals surface area contributed by atoms with Gasteiger partial charge < -0.3 is 19.7 Å². The number of likely N-dealkylation sites (tertiary alicyclic amines) is 2. The number of aromatic nitrogens is 3. The molecule has 0 aliphatic carbocycles. The highest BCUT2D eigenvalue weighted by Gasteiger charge is 2.27. The number of guanidine groups is 1. The third-order valence-electron chi connectivity index (χ3n) is 5.85. The number of hydrogen-bond acceptors (Lipinski definition) is 5. The molecule has 0 spiro atoms. The first kappa shape index (κ1) is 19.4. The van der Waals surface area contributed by atoms with E-state index < -0.39 is 0 Å². The van der Waals surface area contributed by atoms with Gasteiger partial charge in [-0.05, 0) is 56.6 Å². The van der Waals surface area contributed by atoms with Crippen LogP contribution in [-0.2, 0) is 20.1 Å². The Hall–Kier alpha value is -1.93. The second-order valence-corrected chi connectivity index (χ2v) is 8.94. The van der Waals surface area contributed by atoms with Crippen molar-refractivity contribution in [1.82, 2.24) is 29.9 Å². The first-order valence-electron chi connectivity index (χ1n) is 10.3. The zero-order chi connectivity index (χ0) is 19.3. The molecule has 1 N–H and O–H groups in total. The van der Waals surface area contributed by atoms with Crippen LogP contribution in [0.4, 0.5) is 0 Å². The maximum Gasteiger partial charge on any atom is 0.194 e. The molecule has 0 bridgehead atoms. The molecule has 7 nitrogen and oxygen atoms in total. The third kappa shape index (κ3) is 4.72. The Labute approximate surface area is 171 Å². The van der Waals surface area contributed by atoms with Crippen LogP contribution in [0.1, 0.15) is 35.8 Å². The Balaban J connectivity index is 1.41. The fourth-order valence-corrected chi connectivity index (χ4v) is 4.73. The fraction of sp³-hybridized carbons (Fsp3) is 0.650. The molecule has 28 heavy (non-hydrogen) atoms. The lowest BCUT2D eigenvalue weighted by molar-refractivity contribution is 0.281. The van der Waals surface area contributed by atoms with E-state index in [-0.39, 0.29) is 0 Å². The average Bonchev–Trinajstić information content (AvgIpc) is 3.48. The molecule has 2 saturated heterocycles. The van der Waals surface area contributed by atoms with E-state index in [1.54, 1.807) is 11.3 Å². The van der Waals surface area contributed by atoms with Crippen LogP contribution < -0.4 is 5.32 Å². The normalized spacial score (nSPS) is 21.0. The van der Waals surface area contributed by atoms with E-state index in [1.807, 2.05) is 18.5 Å². The van der Waals surface area contributed by atoms with Gasteiger partial charge in [-0.2, -0.15) is 0 Å². The largest absolute Gasteiger partial charge is 0.351 e. The SMILES string of the molecule is Cc1nnc(CN=C(NCc2cccs2)N2CCC(CN3CCCC3)C2)n1C. The number of aryl methyl sites for hydroxylation is 1. The van der Waals surface area contributed by atoms with Crippen molar-refractivity contribution in [1.29, 1.82) is 0 Å². The van der Waals surface area contributed by atoms with Crippen LogP contribution >= 0.6 is 11.3 Å². The zero-order valence-corrected chi connectivity index (χ0v) is 17.8. The third-order valence-corrected chi connectivity index (χ3v) is 6.73. The van der Waals surface area contributed by atoms with E-state index >= 15 is 0 Å². The van der Waals surface area contributed by atoms with Crippen molar-refractivity contribution in [2.24, 2.45) is 18.0 Å². The molecule has 2 aromatic rings. The zero-order valence-electron chi connectivity index (χ0n) is 17.0. The summed E-state index contributed by atoms with van der Waals surface area (Å²) >= 11 is 1.78. The Morgan fingerprint density at radius 3 is 2.86 bits per heavy atom. The molecule has 4 rings (SSSR count). The summed E-state index contributed by atoms with van der Waals surface area (Å²) in [5.41, 5.74) is 0. The van der Waals surface area contributed by atoms with Crippen LogP contribution in [0.15, 0.2) is 22.5 Å². The van der Waals surface area contributed by atoms with Gasteiger partial charge >= 0.3 is 0 Å². The summed E-state index contributed by atoms with van der Waals surface area (Å²) in [6.45, 7) is 9.30. The number of nitrogens with one attached hydrogen (secondary N) is 1. The summed E-state index contributed by atoms with van der Waals surface area (Å²) in [6.07, 6.45) is 3.98. The van der Waals surface area contributed by atoms with Gasteiger partial charge in [0, 0.05) is 31.6 Å². The molecular formula is C20H31N7S. The second-order valence-electron chi connectivity index (χ2n) is 7.90. The van der Waals surface area contributed by atoms with Gasteiger partial charge in [0.05, 0.1) is 6.54 Å². The van der Waals surface area contributed by atoms with Crippen molar-refractivity contribution in [3.05, 3.63) is 34.0 Å². The summed E-state index contributed by atoms with van der Waals surface area (Å²) in [7, 11) is 2.00. The standard InChI is InChI=1S/C20H31N7S/c1-16-23-24-19(25(16)2)13-22-20(21-12-18-6-5-11-28-18)27-10-7-17(15-27)14-26-8-3-4-9-26/h5-6,11,17H,3-4,7-10,12-15H2,1-2H3,(H,21,22). The first-order valence-corrected chi connectivity index (χ1v) is 11.2. The molecule has 152 valence electrons. The van der Waals surface area contributed by atoms with Crippen LogP contribution in [0.3, 0.4) is 0 Å². The van der Waals surface area contributed by atoms with Gasteiger partial charge in [0.15, 0.2) is 11.8 Å². The summed E-state index contributed by atoms with van der Waals surface area (Å²) in [5, 5.41) is 14.1. The maximum absolute atomic E-state index is 4.91. The maximum atomic E-state index is 4.91. The average molecular weight is 402 g/mol. The minimum atomic E-state index is 0.553. The van der Waals surface area contributed by atoms with Gasteiger partial charge in [-0.3, -0.25) is 0 Å². The van der Waals surface area contributed by atoms with E-state index in [1.165, 1.54) is 43.8 Å². The van der Waals surface area contributed by atoms with E-state index in [4.69, 9.17) is 4.99 Å². The Bertz CT molecular complexity index is 777. The van der Waals surface area contributed by atoms with E-state index in [2.05, 4.69) is 42.8 Å². The summed E-state index contributed by atoms with van der Waals surface area (Å²) in [6, 6.07) is 4.27. The smallest absolute Gasteiger partial charge is 0.194 e. The van der Waals surface area contributed by atoms with Crippen molar-refractivity contribution in [3.63, 3.8) is 0 Å². The van der Waals surface area contributed by atoms with Crippen molar-refractivity contribution in [2.45, 2.75) is 39.3 Å². The van der Waals surface area contributed by atoms with Crippen LogP contribution in [0, 0.1) is 12.8 Å². The molecule has 8 heteroatoms. The van der Waals surface area contributed by atoms with Crippen molar-refractivity contribution >= 4 is 17.3 Å². The van der Waals surface area contributed by atoms with Gasteiger partial charge in [0.2, 0.25) is 0 Å². The number of nitrogens with zero attached hydrogens (tertiary/aromatic N) is 6. The number of rotatable bonds is 6. The van der Waals surface area contributed by atoms with Crippen LogP contribution in [-0.4, -0.2) is 63.2 Å². The highest BCUT2D eigenvalue weighted by Crippen LogP contribution is 2.20. The predicted molar refractivity (Wildman–Crippen MR) is 113 cm³/mol. The molecule has 1 atom stereocenters. The molecule has 2 aromatic heterocycles. The molecular weight excluding hydrogens is 370 g/mol. The van der Waals surface area contributed by atoms with Gasteiger partial charge in [-0.25, -0.2) is 4.99 Å².